The van der Waals surface area contributed by atoms with Gasteiger partial charge in [0, 0.05) is 5.56 Å². The Morgan fingerprint density at radius 3 is 2.04 bits per heavy atom. The normalized spacial score (nSPS) is 10.3. The molecular weight excluding hydrogens is 316 g/mol. The first-order chi connectivity index (χ1) is 12.1. The van der Waals surface area contributed by atoms with Gasteiger partial charge in [-0.15, -0.1) is 0 Å². The van der Waals surface area contributed by atoms with Crippen LogP contribution in [0.2, 0.25) is 0 Å². The number of aryl methyl sites for hydroxylation is 1. The zero-order valence-corrected chi connectivity index (χ0v) is 14.0. The van der Waals surface area contributed by atoms with Crippen LogP contribution in [0.3, 0.4) is 0 Å². The molecule has 6 nitrogen and oxygen atoms in total. The lowest BCUT2D eigenvalue weighted by Crippen LogP contribution is -2.42. The highest BCUT2D eigenvalue weighted by molar-refractivity contribution is 6.00. The molecule has 0 aliphatic rings. The molecule has 1 heterocycles. The standard InChI is InChI=1S/C19H18N4O2/c1-13-17(14(2)23(22-13)16-11-7-4-8-12-16)19(25)21-20-18(24)15-9-5-3-6-10-15/h3-12H,1-2H3,(H,20,24)(H,21,25). The second-order valence-electron chi connectivity index (χ2n) is 5.57. The lowest BCUT2D eigenvalue weighted by Gasteiger charge is -2.08. The van der Waals surface area contributed by atoms with E-state index in [1.807, 2.05) is 43.3 Å². The van der Waals surface area contributed by atoms with Crippen LogP contribution >= 0.6 is 0 Å². The summed E-state index contributed by atoms with van der Waals surface area (Å²) in [7, 11) is 0. The quantitative estimate of drug-likeness (QED) is 0.723. The lowest BCUT2D eigenvalue weighted by molar-refractivity contribution is 0.0846. The molecule has 0 atom stereocenters. The average molecular weight is 334 g/mol. The number of amides is 2. The summed E-state index contributed by atoms with van der Waals surface area (Å²) in [5, 5.41) is 4.43. The van der Waals surface area contributed by atoms with Crippen LogP contribution in [-0.4, -0.2) is 21.6 Å². The molecule has 3 rings (SSSR count). The maximum absolute atomic E-state index is 12.5. The zero-order chi connectivity index (χ0) is 17.8. The van der Waals surface area contributed by atoms with Gasteiger partial charge in [0.25, 0.3) is 11.8 Å². The molecule has 0 bridgehead atoms. The van der Waals surface area contributed by atoms with E-state index in [1.54, 1.807) is 35.9 Å². The van der Waals surface area contributed by atoms with Crippen molar-refractivity contribution in [1.82, 2.24) is 20.6 Å². The highest BCUT2D eigenvalue weighted by Crippen LogP contribution is 2.17. The third-order valence-electron chi connectivity index (χ3n) is 3.84. The van der Waals surface area contributed by atoms with Gasteiger partial charge in [0.1, 0.15) is 0 Å². The molecule has 0 aliphatic carbocycles. The smallest absolute Gasteiger partial charge is 0.267 e. The first-order valence-corrected chi connectivity index (χ1v) is 7.85. The van der Waals surface area contributed by atoms with Crippen LogP contribution in [0.1, 0.15) is 32.1 Å². The van der Waals surface area contributed by atoms with Gasteiger partial charge in [0.15, 0.2) is 0 Å². The van der Waals surface area contributed by atoms with Crippen molar-refractivity contribution >= 4 is 11.8 Å². The second-order valence-corrected chi connectivity index (χ2v) is 5.57. The number of hydrogen-bond acceptors (Lipinski definition) is 3. The summed E-state index contributed by atoms with van der Waals surface area (Å²) in [6, 6.07) is 18.2. The molecular formula is C19H18N4O2. The molecule has 0 spiro atoms. The Labute approximate surface area is 145 Å². The van der Waals surface area contributed by atoms with Crippen LogP contribution in [0.5, 0.6) is 0 Å². The van der Waals surface area contributed by atoms with E-state index in [2.05, 4.69) is 16.0 Å². The van der Waals surface area contributed by atoms with Crippen molar-refractivity contribution in [3.8, 4) is 5.69 Å². The Balaban J connectivity index is 1.77. The van der Waals surface area contributed by atoms with Crippen molar-refractivity contribution in [2.45, 2.75) is 13.8 Å². The van der Waals surface area contributed by atoms with E-state index in [9.17, 15) is 9.59 Å². The molecule has 0 radical (unpaired) electrons. The van der Waals surface area contributed by atoms with Gasteiger partial charge >= 0.3 is 0 Å². The summed E-state index contributed by atoms with van der Waals surface area (Å²) >= 11 is 0. The Hall–Kier alpha value is -3.41. The Bertz CT molecular complexity index is 902. The fraction of sp³-hybridized carbons (Fsp3) is 0.105. The molecule has 1 aromatic heterocycles. The first kappa shape index (κ1) is 16.4. The molecule has 2 aromatic carbocycles. The van der Waals surface area contributed by atoms with Crippen molar-refractivity contribution in [3.63, 3.8) is 0 Å². The van der Waals surface area contributed by atoms with Gasteiger partial charge in [-0.2, -0.15) is 5.10 Å². The predicted molar refractivity (Wildman–Crippen MR) is 94.4 cm³/mol. The Morgan fingerprint density at radius 1 is 0.840 bits per heavy atom. The maximum atomic E-state index is 12.5. The van der Waals surface area contributed by atoms with Crippen molar-refractivity contribution in [2.24, 2.45) is 0 Å². The number of nitrogens with zero attached hydrogens (tertiary/aromatic N) is 2. The Morgan fingerprint density at radius 2 is 1.40 bits per heavy atom. The Kier molecular flexibility index (Phi) is 4.61. The van der Waals surface area contributed by atoms with Crippen LogP contribution < -0.4 is 10.9 Å². The number of carbonyl (C=O) groups is 2. The monoisotopic (exact) mass is 334 g/mol. The van der Waals surface area contributed by atoms with Gasteiger partial charge in [-0.05, 0) is 38.1 Å². The van der Waals surface area contributed by atoms with E-state index in [0.29, 0.717) is 22.5 Å². The third kappa shape index (κ3) is 3.42. The van der Waals surface area contributed by atoms with Gasteiger partial charge in [-0.3, -0.25) is 20.4 Å². The summed E-state index contributed by atoms with van der Waals surface area (Å²) in [4.78, 5) is 24.5. The minimum Gasteiger partial charge on any atom is -0.267 e. The fourth-order valence-corrected chi connectivity index (χ4v) is 2.63. The highest BCUT2D eigenvalue weighted by atomic mass is 16.2. The summed E-state index contributed by atoms with van der Waals surface area (Å²) in [6.45, 7) is 3.58. The predicted octanol–water partition coefficient (Wildman–Crippen LogP) is 2.56. The van der Waals surface area contributed by atoms with Crippen LogP contribution in [0, 0.1) is 13.8 Å². The highest BCUT2D eigenvalue weighted by Gasteiger charge is 2.20. The van der Waals surface area contributed by atoms with E-state index in [-0.39, 0.29) is 5.91 Å². The molecule has 126 valence electrons. The van der Waals surface area contributed by atoms with E-state index in [0.717, 1.165) is 5.69 Å². The third-order valence-corrected chi connectivity index (χ3v) is 3.84. The molecule has 6 heteroatoms. The minimum absolute atomic E-state index is 0.375. The number of hydrogen-bond donors (Lipinski definition) is 2. The lowest BCUT2D eigenvalue weighted by atomic mass is 10.2. The molecule has 25 heavy (non-hydrogen) atoms. The van der Waals surface area contributed by atoms with Gasteiger partial charge in [-0.25, -0.2) is 4.68 Å². The van der Waals surface area contributed by atoms with Gasteiger partial charge < -0.3 is 0 Å². The van der Waals surface area contributed by atoms with E-state index < -0.39 is 5.91 Å². The van der Waals surface area contributed by atoms with Gasteiger partial charge in [0.2, 0.25) is 0 Å². The molecule has 2 N–H and O–H groups in total. The molecule has 0 fully saturated rings. The van der Waals surface area contributed by atoms with Gasteiger partial charge in [-0.1, -0.05) is 36.4 Å². The zero-order valence-electron chi connectivity index (χ0n) is 14.0. The second kappa shape index (κ2) is 7.00. The SMILES string of the molecule is Cc1nn(-c2ccccc2)c(C)c1C(=O)NNC(=O)c1ccccc1. The van der Waals surface area contributed by atoms with Crippen molar-refractivity contribution in [1.29, 1.82) is 0 Å². The maximum Gasteiger partial charge on any atom is 0.273 e. The minimum atomic E-state index is -0.401. The molecule has 0 aliphatic heterocycles. The fourth-order valence-electron chi connectivity index (χ4n) is 2.63. The molecule has 0 saturated heterocycles. The molecule has 0 saturated carbocycles. The topological polar surface area (TPSA) is 76.0 Å². The number of hydrazine groups is 1. The van der Waals surface area contributed by atoms with Crippen LogP contribution in [0.25, 0.3) is 5.69 Å². The number of aromatic nitrogens is 2. The average Bonchev–Trinajstić information content (AvgIpc) is 2.95. The van der Waals surface area contributed by atoms with Crippen LogP contribution in [0.15, 0.2) is 60.7 Å². The summed E-state index contributed by atoms with van der Waals surface area (Å²) in [6.07, 6.45) is 0. The van der Waals surface area contributed by atoms with Crippen LogP contribution in [0.4, 0.5) is 0 Å². The number of benzene rings is 2. The molecule has 2 amide bonds. The summed E-state index contributed by atoms with van der Waals surface area (Å²) < 4.78 is 1.71. The molecule has 3 aromatic rings. The van der Waals surface area contributed by atoms with Crippen molar-refractivity contribution < 1.29 is 9.59 Å². The summed E-state index contributed by atoms with van der Waals surface area (Å²) in [5.41, 5.74) is 7.95. The van der Waals surface area contributed by atoms with Crippen molar-refractivity contribution in [3.05, 3.63) is 83.2 Å². The number of rotatable bonds is 3. The number of nitrogens with one attached hydrogen (secondary N) is 2. The number of para-hydroxylation sites is 1. The molecule has 0 unspecified atom stereocenters. The first-order valence-electron chi connectivity index (χ1n) is 7.85. The van der Waals surface area contributed by atoms with Gasteiger partial charge in [0.05, 0.1) is 22.6 Å². The summed E-state index contributed by atoms with van der Waals surface area (Å²) in [5.74, 6) is -0.777. The largest absolute Gasteiger partial charge is 0.273 e. The van der Waals surface area contributed by atoms with E-state index >= 15 is 0 Å². The van der Waals surface area contributed by atoms with Crippen molar-refractivity contribution in [2.75, 3.05) is 0 Å². The number of carbonyl (C=O) groups excluding carboxylic acids is 2. The van der Waals surface area contributed by atoms with E-state index in [4.69, 9.17) is 0 Å². The van der Waals surface area contributed by atoms with Crippen LogP contribution in [-0.2, 0) is 0 Å². The van der Waals surface area contributed by atoms with E-state index in [1.165, 1.54) is 0 Å².